The van der Waals surface area contributed by atoms with E-state index >= 15 is 0 Å². The molecular weight excluding hydrogens is 822 g/mol. The van der Waals surface area contributed by atoms with E-state index in [1.165, 1.54) is 51.4 Å². The minimum Gasteiger partial charge on any atom is -0.462 e. The monoisotopic (exact) mass is 917 g/mol. The first-order valence-electron chi connectivity index (χ1n) is 25.3. The van der Waals surface area contributed by atoms with Crippen LogP contribution in [0, 0.1) is 0 Å². The molecule has 0 aromatic rings. The van der Waals surface area contributed by atoms with Gasteiger partial charge >= 0.3 is 19.8 Å². The van der Waals surface area contributed by atoms with Crippen molar-refractivity contribution >= 4 is 19.8 Å². The molecule has 368 valence electrons. The molecule has 0 aromatic carbocycles. The number of nitrogens with zero attached hydrogens (tertiary/aromatic N) is 1. The molecule has 0 fully saturated rings. The average molecular weight is 917 g/mol. The van der Waals surface area contributed by atoms with Crippen molar-refractivity contribution < 1.29 is 42.1 Å². The van der Waals surface area contributed by atoms with Gasteiger partial charge in [-0.2, -0.15) is 0 Å². The van der Waals surface area contributed by atoms with Crippen LogP contribution in [0.25, 0.3) is 0 Å². The number of hydrogen-bond acceptors (Lipinski definition) is 7. The van der Waals surface area contributed by atoms with E-state index in [2.05, 4.69) is 98.9 Å². The van der Waals surface area contributed by atoms with Crippen LogP contribution >= 0.6 is 7.82 Å². The van der Waals surface area contributed by atoms with E-state index in [1.807, 2.05) is 21.1 Å². The van der Waals surface area contributed by atoms with Gasteiger partial charge in [0, 0.05) is 12.8 Å². The van der Waals surface area contributed by atoms with E-state index in [1.54, 1.807) is 0 Å². The molecule has 2 atom stereocenters. The highest BCUT2D eigenvalue weighted by Gasteiger charge is 2.27. The van der Waals surface area contributed by atoms with Gasteiger partial charge < -0.3 is 18.9 Å². The molecule has 0 aliphatic carbocycles. The predicted molar refractivity (Wildman–Crippen MR) is 270 cm³/mol. The van der Waals surface area contributed by atoms with Crippen LogP contribution in [-0.2, 0) is 32.7 Å². The van der Waals surface area contributed by atoms with Crippen LogP contribution < -0.4 is 0 Å². The summed E-state index contributed by atoms with van der Waals surface area (Å²) in [6.45, 7) is 4.26. The van der Waals surface area contributed by atoms with Gasteiger partial charge in [-0.25, -0.2) is 4.57 Å². The summed E-state index contributed by atoms with van der Waals surface area (Å²) in [5, 5.41) is 0. The highest BCUT2D eigenvalue weighted by molar-refractivity contribution is 7.47. The number of ether oxygens (including phenoxy) is 2. The minimum atomic E-state index is -4.39. The van der Waals surface area contributed by atoms with Crippen LogP contribution in [-0.4, -0.2) is 74.9 Å². The summed E-state index contributed by atoms with van der Waals surface area (Å²) in [5.74, 6) is -0.834. The minimum absolute atomic E-state index is 0.0217. The Balaban J connectivity index is 4.34. The van der Waals surface area contributed by atoms with E-state index in [4.69, 9.17) is 18.5 Å². The first kappa shape index (κ1) is 61.2. The van der Waals surface area contributed by atoms with Crippen LogP contribution in [0.3, 0.4) is 0 Å². The molecule has 0 spiro atoms. The Morgan fingerprint density at radius 3 is 1.33 bits per heavy atom. The molecule has 0 amide bonds. The molecule has 0 aliphatic heterocycles. The van der Waals surface area contributed by atoms with Crippen molar-refractivity contribution in [3.05, 3.63) is 85.1 Å². The maximum Gasteiger partial charge on any atom is 0.472 e. The molecule has 0 saturated carbocycles. The Hall–Kier alpha value is -2.81. The fourth-order valence-electron chi connectivity index (χ4n) is 6.48. The van der Waals surface area contributed by atoms with E-state index in [0.29, 0.717) is 17.4 Å². The Bertz CT molecular complexity index is 1360. The average Bonchev–Trinajstić information content (AvgIpc) is 3.25. The molecule has 64 heavy (non-hydrogen) atoms. The molecule has 0 rings (SSSR count). The summed E-state index contributed by atoms with van der Waals surface area (Å²) in [4.78, 5) is 35.5. The third-order valence-electron chi connectivity index (χ3n) is 10.4. The van der Waals surface area contributed by atoms with Crippen molar-refractivity contribution in [2.75, 3.05) is 47.5 Å². The predicted octanol–water partition coefficient (Wildman–Crippen LogP) is 15.1. The molecule has 0 radical (unpaired) electrons. The van der Waals surface area contributed by atoms with Crippen molar-refractivity contribution in [2.45, 2.75) is 200 Å². The first-order chi connectivity index (χ1) is 31.0. The molecule has 9 nitrogen and oxygen atoms in total. The van der Waals surface area contributed by atoms with Crippen LogP contribution in [0.4, 0.5) is 0 Å². The van der Waals surface area contributed by atoms with Crippen molar-refractivity contribution in [3.63, 3.8) is 0 Å². The lowest BCUT2D eigenvalue weighted by Gasteiger charge is -2.24. The number of hydrogen-bond donors (Lipinski definition) is 1. The number of carbonyl (C=O) groups excluding carboxylic acids is 2. The third kappa shape index (κ3) is 48.6. The quantitative estimate of drug-likeness (QED) is 0.0212. The second kappa shape index (κ2) is 45.4. The van der Waals surface area contributed by atoms with Crippen LogP contribution in [0.2, 0.25) is 0 Å². The fraction of sp³-hybridized carbons (Fsp3) is 0.704. The lowest BCUT2D eigenvalue weighted by Crippen LogP contribution is -2.37. The largest absolute Gasteiger partial charge is 0.472 e. The summed E-state index contributed by atoms with van der Waals surface area (Å²) < 4.78 is 34.4. The van der Waals surface area contributed by atoms with Gasteiger partial charge in [-0.15, -0.1) is 0 Å². The summed E-state index contributed by atoms with van der Waals surface area (Å²) in [6, 6.07) is 0. The lowest BCUT2D eigenvalue weighted by atomic mass is 10.1. The van der Waals surface area contributed by atoms with Gasteiger partial charge in [-0.3, -0.25) is 18.6 Å². The number of rotatable bonds is 45. The van der Waals surface area contributed by atoms with E-state index in [-0.39, 0.29) is 32.0 Å². The SMILES string of the molecule is CC/C=C\C/C=C\C/C=C\C/C=C\CCCCCCCCC(=O)OC(COC(=O)CCCCCCCC/C=C\C/C=C\C/C=C\CCCCCCC)COP(=O)(O)OCC[N+](C)(C)C. The molecule has 1 N–H and O–H groups in total. The number of phosphoric acid groups is 1. The van der Waals surface area contributed by atoms with Gasteiger partial charge in [0.15, 0.2) is 6.10 Å². The van der Waals surface area contributed by atoms with Gasteiger partial charge in [0.05, 0.1) is 27.7 Å². The van der Waals surface area contributed by atoms with E-state index < -0.39 is 26.5 Å². The Morgan fingerprint density at radius 1 is 0.500 bits per heavy atom. The van der Waals surface area contributed by atoms with E-state index in [9.17, 15) is 19.0 Å². The number of allylic oxidation sites excluding steroid dienone is 14. The molecular formula is C54H95NO8P+. The number of esters is 2. The molecule has 0 bridgehead atoms. The van der Waals surface area contributed by atoms with Crippen molar-refractivity contribution in [2.24, 2.45) is 0 Å². The standard InChI is InChI=1S/C54H94NO8P/c1-6-8-10-12-14-16-18-20-22-24-26-27-29-30-32-34-36-38-40-42-44-46-53(56)60-50-52(51-62-64(58,59)61-49-48-55(3,4)5)63-54(57)47-45-43-41-39-37-35-33-31-28-25-23-21-19-17-15-13-11-9-7-2/h9,11,15,17-18,20-21,23-24,26,28-31,52H,6-8,10,12-14,16,19,22,25,27,32-51H2,1-5H3/p+1/b11-9-,17-15-,20-18-,23-21-,26-24-,30-29-,31-28-. The Kier molecular flexibility index (Phi) is 43.4. The van der Waals surface area contributed by atoms with Crippen molar-refractivity contribution in [3.8, 4) is 0 Å². The topological polar surface area (TPSA) is 108 Å². The van der Waals surface area contributed by atoms with Gasteiger partial charge in [-0.1, -0.05) is 176 Å². The molecule has 0 saturated heterocycles. The Labute approximate surface area is 392 Å². The number of quaternary nitrogens is 1. The van der Waals surface area contributed by atoms with Crippen LogP contribution in [0.15, 0.2) is 85.1 Å². The maximum absolute atomic E-state index is 12.8. The summed E-state index contributed by atoms with van der Waals surface area (Å²) in [7, 11) is 1.45. The second-order valence-electron chi connectivity index (χ2n) is 17.8. The van der Waals surface area contributed by atoms with Gasteiger partial charge in [0.25, 0.3) is 0 Å². The normalized spacial score (nSPS) is 14.2. The lowest BCUT2D eigenvalue weighted by molar-refractivity contribution is -0.870. The summed E-state index contributed by atoms with van der Waals surface area (Å²) in [6.07, 6.45) is 59.1. The smallest absolute Gasteiger partial charge is 0.462 e. The summed E-state index contributed by atoms with van der Waals surface area (Å²) in [5.41, 5.74) is 0. The van der Waals surface area contributed by atoms with Gasteiger partial charge in [-0.05, 0) is 89.9 Å². The molecule has 0 aliphatic rings. The summed E-state index contributed by atoms with van der Waals surface area (Å²) >= 11 is 0. The zero-order chi connectivity index (χ0) is 47.1. The van der Waals surface area contributed by atoms with Crippen molar-refractivity contribution in [1.29, 1.82) is 0 Å². The Morgan fingerprint density at radius 2 is 0.891 bits per heavy atom. The van der Waals surface area contributed by atoms with Gasteiger partial charge in [0.2, 0.25) is 0 Å². The number of carbonyl (C=O) groups is 2. The fourth-order valence-corrected chi connectivity index (χ4v) is 7.22. The van der Waals surface area contributed by atoms with Crippen LogP contribution in [0.5, 0.6) is 0 Å². The van der Waals surface area contributed by atoms with Gasteiger partial charge in [0.1, 0.15) is 19.8 Å². The highest BCUT2D eigenvalue weighted by Crippen LogP contribution is 2.43. The number of unbranched alkanes of at least 4 members (excludes halogenated alkanes) is 17. The molecule has 2 unspecified atom stereocenters. The first-order valence-corrected chi connectivity index (χ1v) is 26.8. The second-order valence-corrected chi connectivity index (χ2v) is 19.3. The zero-order valence-corrected chi connectivity index (χ0v) is 42.4. The van der Waals surface area contributed by atoms with Crippen LogP contribution in [0.1, 0.15) is 194 Å². The molecule has 0 heterocycles. The molecule has 0 aromatic heterocycles. The number of phosphoric ester groups is 1. The van der Waals surface area contributed by atoms with E-state index in [0.717, 1.165) is 109 Å². The third-order valence-corrected chi connectivity index (χ3v) is 11.4. The highest BCUT2D eigenvalue weighted by atomic mass is 31.2. The zero-order valence-electron chi connectivity index (χ0n) is 41.5. The van der Waals surface area contributed by atoms with Crippen molar-refractivity contribution in [1.82, 2.24) is 0 Å². The number of likely N-dealkylation sites (N-methyl/N-ethyl adjacent to an activating group) is 1. The maximum atomic E-state index is 12.8. The molecule has 10 heteroatoms.